The van der Waals surface area contributed by atoms with E-state index in [0.29, 0.717) is 11.4 Å². The SMILES string of the molecule is CC(C)(O)c1cn(-c2cncnc2)nn1. The summed E-state index contributed by atoms with van der Waals surface area (Å²) in [7, 11) is 0. The predicted octanol–water partition coefficient (Wildman–Crippen LogP) is 0.285. The summed E-state index contributed by atoms with van der Waals surface area (Å²) in [6.07, 6.45) is 6.34. The van der Waals surface area contributed by atoms with Crippen molar-refractivity contribution in [2.75, 3.05) is 0 Å². The number of hydrogen-bond donors (Lipinski definition) is 1. The minimum absolute atomic E-state index is 0.506. The highest BCUT2D eigenvalue weighted by Gasteiger charge is 2.20. The van der Waals surface area contributed by atoms with E-state index in [0.717, 1.165) is 0 Å². The topological polar surface area (TPSA) is 76.7 Å². The van der Waals surface area contributed by atoms with Gasteiger partial charge in [0.05, 0.1) is 18.6 Å². The largest absolute Gasteiger partial charge is 0.384 e. The van der Waals surface area contributed by atoms with Gasteiger partial charge in [0, 0.05) is 0 Å². The predicted molar refractivity (Wildman–Crippen MR) is 52.2 cm³/mol. The highest BCUT2D eigenvalue weighted by molar-refractivity contribution is 5.23. The van der Waals surface area contributed by atoms with E-state index in [1.165, 1.54) is 11.0 Å². The fraction of sp³-hybridized carbons (Fsp3) is 0.333. The molecule has 0 amide bonds. The molecule has 0 fully saturated rings. The van der Waals surface area contributed by atoms with Crippen LogP contribution in [0.15, 0.2) is 24.9 Å². The number of rotatable bonds is 2. The molecule has 0 saturated heterocycles. The van der Waals surface area contributed by atoms with Gasteiger partial charge in [0.1, 0.15) is 23.3 Å². The maximum Gasteiger partial charge on any atom is 0.115 e. The number of aliphatic hydroxyl groups is 1. The molecule has 0 aliphatic carbocycles. The molecule has 0 radical (unpaired) electrons. The van der Waals surface area contributed by atoms with Gasteiger partial charge in [-0.15, -0.1) is 5.10 Å². The Hall–Kier alpha value is -1.82. The molecule has 2 rings (SSSR count). The van der Waals surface area contributed by atoms with E-state index < -0.39 is 5.60 Å². The summed E-state index contributed by atoms with van der Waals surface area (Å²) in [5.74, 6) is 0. The molecule has 0 unspecified atom stereocenters. The minimum atomic E-state index is -0.992. The van der Waals surface area contributed by atoms with Gasteiger partial charge in [-0.1, -0.05) is 5.21 Å². The van der Waals surface area contributed by atoms with Gasteiger partial charge >= 0.3 is 0 Å². The first-order chi connectivity index (χ1) is 7.07. The summed E-state index contributed by atoms with van der Waals surface area (Å²) in [5.41, 5.74) is 0.223. The molecule has 0 atom stereocenters. The van der Waals surface area contributed by atoms with E-state index in [2.05, 4.69) is 20.3 Å². The summed E-state index contributed by atoms with van der Waals surface area (Å²) < 4.78 is 1.52. The molecule has 1 N–H and O–H groups in total. The fourth-order valence-corrected chi connectivity index (χ4v) is 1.08. The standard InChI is InChI=1S/C9H11N5O/c1-9(2,15)8-5-14(13-12-8)7-3-10-6-11-4-7/h3-6,15H,1-2H3. The summed E-state index contributed by atoms with van der Waals surface area (Å²) in [5, 5.41) is 17.5. The highest BCUT2D eigenvalue weighted by Crippen LogP contribution is 2.16. The Kier molecular flexibility index (Phi) is 2.20. The Morgan fingerprint density at radius 3 is 2.47 bits per heavy atom. The van der Waals surface area contributed by atoms with E-state index >= 15 is 0 Å². The van der Waals surface area contributed by atoms with Gasteiger partial charge in [-0.2, -0.15) is 0 Å². The third-order valence-electron chi connectivity index (χ3n) is 1.93. The van der Waals surface area contributed by atoms with Crippen LogP contribution in [0.2, 0.25) is 0 Å². The smallest absolute Gasteiger partial charge is 0.115 e. The second-order valence-electron chi connectivity index (χ2n) is 3.70. The third-order valence-corrected chi connectivity index (χ3v) is 1.93. The van der Waals surface area contributed by atoms with E-state index in [4.69, 9.17) is 0 Å². The molecule has 6 nitrogen and oxygen atoms in total. The summed E-state index contributed by atoms with van der Waals surface area (Å²) in [6.45, 7) is 3.31. The molecule has 0 bridgehead atoms. The van der Waals surface area contributed by atoms with Gasteiger partial charge in [-0.25, -0.2) is 14.6 Å². The molecular weight excluding hydrogens is 194 g/mol. The number of aromatic nitrogens is 5. The van der Waals surface area contributed by atoms with Gasteiger partial charge in [0.2, 0.25) is 0 Å². The first-order valence-corrected chi connectivity index (χ1v) is 4.48. The zero-order valence-corrected chi connectivity index (χ0v) is 8.49. The Balaban J connectivity index is 2.37. The van der Waals surface area contributed by atoms with Crippen molar-refractivity contribution in [2.24, 2.45) is 0 Å². The zero-order valence-electron chi connectivity index (χ0n) is 8.49. The summed E-state index contributed by atoms with van der Waals surface area (Å²) >= 11 is 0. The average Bonchev–Trinajstić information content (AvgIpc) is 2.67. The first-order valence-electron chi connectivity index (χ1n) is 4.48. The average molecular weight is 205 g/mol. The van der Waals surface area contributed by atoms with Crippen molar-refractivity contribution in [3.05, 3.63) is 30.6 Å². The van der Waals surface area contributed by atoms with E-state index in [1.807, 2.05) is 0 Å². The van der Waals surface area contributed by atoms with Crippen LogP contribution >= 0.6 is 0 Å². The Bertz CT molecular complexity index is 445. The molecule has 0 spiro atoms. The Morgan fingerprint density at radius 2 is 1.93 bits per heavy atom. The van der Waals surface area contributed by atoms with Gasteiger partial charge in [-0.3, -0.25) is 0 Å². The van der Waals surface area contributed by atoms with Crippen LogP contribution < -0.4 is 0 Å². The van der Waals surface area contributed by atoms with Gasteiger partial charge < -0.3 is 5.11 Å². The lowest BCUT2D eigenvalue weighted by Crippen LogP contribution is -2.15. The van der Waals surface area contributed by atoms with Crippen LogP contribution in [0.25, 0.3) is 5.69 Å². The lowest BCUT2D eigenvalue weighted by atomic mass is 10.1. The highest BCUT2D eigenvalue weighted by atomic mass is 16.3. The molecule has 0 saturated carbocycles. The van der Waals surface area contributed by atoms with Crippen molar-refractivity contribution in [2.45, 2.75) is 19.4 Å². The van der Waals surface area contributed by atoms with Crippen LogP contribution in [0.1, 0.15) is 19.5 Å². The maximum atomic E-state index is 9.70. The van der Waals surface area contributed by atoms with Crippen molar-refractivity contribution in [1.29, 1.82) is 0 Å². The van der Waals surface area contributed by atoms with Crippen LogP contribution in [-0.4, -0.2) is 30.1 Å². The Morgan fingerprint density at radius 1 is 1.27 bits per heavy atom. The van der Waals surface area contributed by atoms with E-state index in [-0.39, 0.29) is 0 Å². The van der Waals surface area contributed by atoms with E-state index in [9.17, 15) is 5.11 Å². The van der Waals surface area contributed by atoms with Crippen LogP contribution in [0.3, 0.4) is 0 Å². The molecule has 0 aromatic carbocycles. The lowest BCUT2D eigenvalue weighted by molar-refractivity contribution is 0.0737. The van der Waals surface area contributed by atoms with E-state index in [1.54, 1.807) is 32.4 Å². The summed E-state index contributed by atoms with van der Waals surface area (Å²) in [4.78, 5) is 7.74. The van der Waals surface area contributed by atoms with Gasteiger partial charge in [0.25, 0.3) is 0 Å². The molecule has 0 aliphatic rings. The van der Waals surface area contributed by atoms with Crippen molar-refractivity contribution in [1.82, 2.24) is 25.0 Å². The van der Waals surface area contributed by atoms with Gasteiger partial charge in [-0.05, 0) is 13.8 Å². The Labute approximate surface area is 86.6 Å². The molecule has 2 heterocycles. The van der Waals surface area contributed by atoms with Crippen LogP contribution in [0, 0.1) is 0 Å². The van der Waals surface area contributed by atoms with Crippen LogP contribution in [0.4, 0.5) is 0 Å². The van der Waals surface area contributed by atoms with Crippen molar-refractivity contribution < 1.29 is 5.11 Å². The summed E-state index contributed by atoms with van der Waals surface area (Å²) in [6, 6.07) is 0. The maximum absolute atomic E-state index is 9.70. The molecule has 6 heteroatoms. The number of hydrogen-bond acceptors (Lipinski definition) is 5. The lowest BCUT2D eigenvalue weighted by Gasteiger charge is -2.11. The minimum Gasteiger partial charge on any atom is -0.384 e. The van der Waals surface area contributed by atoms with Crippen LogP contribution in [0.5, 0.6) is 0 Å². The molecule has 2 aromatic rings. The molecule has 0 aliphatic heterocycles. The quantitative estimate of drug-likeness (QED) is 0.762. The van der Waals surface area contributed by atoms with Crippen LogP contribution in [-0.2, 0) is 5.60 Å². The van der Waals surface area contributed by atoms with Crippen molar-refractivity contribution >= 4 is 0 Å². The monoisotopic (exact) mass is 205 g/mol. The molecule has 2 aromatic heterocycles. The molecule has 78 valence electrons. The number of nitrogens with zero attached hydrogens (tertiary/aromatic N) is 5. The molecular formula is C9H11N5O. The van der Waals surface area contributed by atoms with Gasteiger partial charge in [0.15, 0.2) is 0 Å². The van der Waals surface area contributed by atoms with Crippen molar-refractivity contribution in [3.63, 3.8) is 0 Å². The first kappa shape index (κ1) is 9.72. The normalized spacial score (nSPS) is 11.7. The van der Waals surface area contributed by atoms with Crippen molar-refractivity contribution in [3.8, 4) is 5.69 Å². The fourth-order valence-electron chi connectivity index (χ4n) is 1.08. The second kappa shape index (κ2) is 3.39. The third kappa shape index (κ3) is 1.99. The molecule has 15 heavy (non-hydrogen) atoms. The zero-order chi connectivity index (χ0) is 10.9. The second-order valence-corrected chi connectivity index (χ2v) is 3.70.